The molecule has 10 heteroatoms. The molecule has 176 valence electrons. The molecule has 0 aliphatic carbocycles. The molecule has 3 aromatic rings. The summed E-state index contributed by atoms with van der Waals surface area (Å²) in [7, 11) is 1.52. The van der Waals surface area contributed by atoms with Crippen LogP contribution in [0.5, 0.6) is 0 Å². The van der Waals surface area contributed by atoms with Gasteiger partial charge in [0.25, 0.3) is 11.8 Å². The maximum absolute atomic E-state index is 13.1. The monoisotopic (exact) mass is 467 g/mol. The third-order valence-corrected chi connectivity index (χ3v) is 5.96. The Kier molecular flexibility index (Phi) is 6.14. The number of carbonyl (C=O) groups is 3. The van der Waals surface area contributed by atoms with Crippen molar-refractivity contribution in [3.8, 4) is 0 Å². The summed E-state index contributed by atoms with van der Waals surface area (Å²) in [5, 5.41) is 9.71. The van der Waals surface area contributed by atoms with Gasteiger partial charge >= 0.3 is 0 Å². The van der Waals surface area contributed by atoms with Gasteiger partial charge in [-0.05, 0) is 42.3 Å². The van der Waals surface area contributed by atoms with Crippen LogP contribution >= 0.6 is 0 Å². The number of fused-ring (bicyclic) bond motifs is 1. The first-order valence-corrected chi connectivity index (χ1v) is 10.6. The smallest absolute Gasteiger partial charge is 0.272 e. The van der Waals surface area contributed by atoms with E-state index in [1.807, 2.05) is 0 Å². The van der Waals surface area contributed by atoms with Gasteiger partial charge in [0.15, 0.2) is 5.69 Å². The Bertz CT molecular complexity index is 1240. The van der Waals surface area contributed by atoms with Crippen molar-refractivity contribution in [3.63, 3.8) is 0 Å². The van der Waals surface area contributed by atoms with Gasteiger partial charge in [0.1, 0.15) is 22.9 Å². The van der Waals surface area contributed by atoms with Gasteiger partial charge in [-0.15, -0.1) is 0 Å². The lowest BCUT2D eigenvalue weighted by molar-refractivity contribution is -0.132. The lowest BCUT2D eigenvalue weighted by atomic mass is 9.96. The van der Waals surface area contributed by atoms with Gasteiger partial charge in [-0.2, -0.15) is 5.10 Å². The van der Waals surface area contributed by atoms with E-state index in [0.29, 0.717) is 11.1 Å². The molecule has 0 radical (unpaired) electrons. The number of rotatable bonds is 6. The highest BCUT2D eigenvalue weighted by Crippen LogP contribution is 2.26. The lowest BCUT2D eigenvalue weighted by Gasteiger charge is -2.40. The minimum Gasteiger partial charge on any atom is -0.350 e. The molecular weight excluding hydrogens is 444 g/mol. The zero-order chi connectivity index (χ0) is 24.5. The Morgan fingerprint density at radius 2 is 1.50 bits per heavy atom. The molecule has 0 saturated heterocycles. The third kappa shape index (κ3) is 4.52. The van der Waals surface area contributed by atoms with E-state index < -0.39 is 23.3 Å². The van der Waals surface area contributed by atoms with E-state index in [0.717, 1.165) is 0 Å². The van der Waals surface area contributed by atoms with Crippen molar-refractivity contribution in [3.05, 3.63) is 88.7 Å². The van der Waals surface area contributed by atoms with Crippen LogP contribution in [0.3, 0.4) is 0 Å². The van der Waals surface area contributed by atoms with Crippen molar-refractivity contribution < 1.29 is 23.2 Å². The number of benzene rings is 2. The van der Waals surface area contributed by atoms with Crippen molar-refractivity contribution in [2.45, 2.75) is 32.1 Å². The summed E-state index contributed by atoms with van der Waals surface area (Å²) in [6.07, 6.45) is 0. The fourth-order valence-electron chi connectivity index (χ4n) is 3.69. The standard InChI is InChI=1S/C24H23F2N5O3/c1-24(23(34)28-13-16-5-9-18(26)10-6-16)14-31-20(22(33)30(24)2)11-19(29-31)21(32)27-12-15-3-7-17(25)8-4-15/h3-11H,12-14H2,1-2H3,(H,27,32)(H,28,34)/t24-/m0/s1. The molecule has 0 saturated carbocycles. The summed E-state index contributed by atoms with van der Waals surface area (Å²) in [5.41, 5.74) is 0.397. The number of aromatic nitrogens is 2. The molecule has 3 amide bonds. The predicted molar refractivity (Wildman–Crippen MR) is 119 cm³/mol. The fourth-order valence-corrected chi connectivity index (χ4v) is 3.69. The number of likely N-dealkylation sites (N-methyl/N-ethyl adjacent to an activating group) is 1. The summed E-state index contributed by atoms with van der Waals surface area (Å²) < 4.78 is 27.5. The van der Waals surface area contributed by atoms with Crippen molar-refractivity contribution >= 4 is 17.7 Å². The number of halogens is 2. The molecule has 1 atom stereocenters. The van der Waals surface area contributed by atoms with Gasteiger partial charge in [0.2, 0.25) is 5.91 Å². The van der Waals surface area contributed by atoms with Crippen molar-refractivity contribution in [2.75, 3.05) is 7.05 Å². The highest BCUT2D eigenvalue weighted by Gasteiger charge is 2.46. The van der Waals surface area contributed by atoms with Crippen LogP contribution in [0.4, 0.5) is 8.78 Å². The van der Waals surface area contributed by atoms with Gasteiger partial charge in [0.05, 0.1) is 6.54 Å². The Morgan fingerprint density at radius 1 is 0.971 bits per heavy atom. The first-order valence-electron chi connectivity index (χ1n) is 10.6. The van der Waals surface area contributed by atoms with Crippen LogP contribution in [-0.2, 0) is 24.4 Å². The highest BCUT2D eigenvalue weighted by atomic mass is 19.1. The highest BCUT2D eigenvalue weighted by molar-refractivity contribution is 6.01. The second-order valence-electron chi connectivity index (χ2n) is 8.33. The second-order valence-corrected chi connectivity index (χ2v) is 8.33. The predicted octanol–water partition coefficient (Wildman–Crippen LogP) is 2.25. The summed E-state index contributed by atoms with van der Waals surface area (Å²) in [5.74, 6) is -2.09. The molecular formula is C24H23F2N5O3. The van der Waals surface area contributed by atoms with Crippen molar-refractivity contribution in [1.82, 2.24) is 25.3 Å². The first-order chi connectivity index (χ1) is 16.2. The molecule has 0 bridgehead atoms. The average molecular weight is 467 g/mol. The van der Waals surface area contributed by atoms with E-state index >= 15 is 0 Å². The van der Waals surface area contributed by atoms with Crippen molar-refractivity contribution in [1.29, 1.82) is 0 Å². The topological polar surface area (TPSA) is 96.3 Å². The molecule has 4 rings (SSSR count). The van der Waals surface area contributed by atoms with Gasteiger partial charge < -0.3 is 15.5 Å². The zero-order valence-electron chi connectivity index (χ0n) is 18.6. The first kappa shape index (κ1) is 23.1. The quantitative estimate of drug-likeness (QED) is 0.581. The van der Waals surface area contributed by atoms with Crippen LogP contribution in [0.15, 0.2) is 54.6 Å². The maximum atomic E-state index is 13.1. The minimum atomic E-state index is -1.25. The van der Waals surface area contributed by atoms with Gasteiger partial charge in [-0.1, -0.05) is 24.3 Å². The maximum Gasteiger partial charge on any atom is 0.272 e. The molecule has 2 aromatic carbocycles. The Balaban J connectivity index is 1.46. The number of nitrogens with one attached hydrogen (secondary N) is 2. The molecule has 0 fully saturated rings. The van der Waals surface area contributed by atoms with Gasteiger partial charge in [0, 0.05) is 26.2 Å². The summed E-state index contributed by atoms with van der Waals surface area (Å²) >= 11 is 0. The molecule has 2 N–H and O–H groups in total. The fraction of sp³-hybridized carbons (Fsp3) is 0.250. The van der Waals surface area contributed by atoms with E-state index in [9.17, 15) is 23.2 Å². The van der Waals surface area contributed by atoms with E-state index in [1.54, 1.807) is 31.2 Å². The van der Waals surface area contributed by atoms with E-state index in [4.69, 9.17) is 0 Å². The molecule has 34 heavy (non-hydrogen) atoms. The Morgan fingerprint density at radius 3 is 2.06 bits per heavy atom. The Hall–Kier alpha value is -4.08. The number of amides is 3. The SMILES string of the molecule is CN1C(=O)c2cc(C(=O)NCc3ccc(F)cc3)nn2C[C@@]1(C)C(=O)NCc1ccc(F)cc1. The number of hydrogen-bond acceptors (Lipinski definition) is 4. The number of hydrogen-bond donors (Lipinski definition) is 2. The summed E-state index contributed by atoms with van der Waals surface area (Å²) in [6, 6.07) is 12.8. The molecule has 2 heterocycles. The minimum absolute atomic E-state index is 0.0369. The lowest BCUT2D eigenvalue weighted by Crippen LogP contribution is -2.62. The Labute approximate surface area is 194 Å². The normalized spacial score (nSPS) is 17.3. The van der Waals surface area contributed by atoms with Crippen LogP contribution in [-0.4, -0.2) is 45.0 Å². The number of nitrogens with zero attached hydrogens (tertiary/aromatic N) is 3. The van der Waals surface area contributed by atoms with Crippen LogP contribution in [0.1, 0.15) is 39.0 Å². The second kappa shape index (κ2) is 9.05. The van der Waals surface area contributed by atoms with Crippen LogP contribution in [0, 0.1) is 11.6 Å². The van der Waals surface area contributed by atoms with E-state index in [1.165, 1.54) is 47.0 Å². The number of carbonyl (C=O) groups excluding carboxylic acids is 3. The van der Waals surface area contributed by atoms with Gasteiger partial charge in [-0.3, -0.25) is 19.1 Å². The van der Waals surface area contributed by atoms with Crippen LogP contribution in [0.25, 0.3) is 0 Å². The zero-order valence-corrected chi connectivity index (χ0v) is 18.6. The van der Waals surface area contributed by atoms with E-state index in [-0.39, 0.29) is 42.7 Å². The van der Waals surface area contributed by atoms with Crippen LogP contribution < -0.4 is 10.6 Å². The average Bonchev–Trinajstić information content (AvgIpc) is 3.25. The summed E-state index contributed by atoms with van der Waals surface area (Å²) in [6.45, 7) is 1.99. The molecule has 1 aromatic heterocycles. The molecule has 8 nitrogen and oxygen atoms in total. The third-order valence-electron chi connectivity index (χ3n) is 5.96. The van der Waals surface area contributed by atoms with E-state index in [2.05, 4.69) is 15.7 Å². The molecule has 1 aliphatic rings. The largest absolute Gasteiger partial charge is 0.350 e. The molecule has 1 aliphatic heterocycles. The van der Waals surface area contributed by atoms with Crippen LogP contribution in [0.2, 0.25) is 0 Å². The summed E-state index contributed by atoms with van der Waals surface area (Å²) in [4.78, 5) is 39.9. The molecule has 0 spiro atoms. The molecule has 0 unspecified atom stereocenters. The van der Waals surface area contributed by atoms with Gasteiger partial charge in [-0.25, -0.2) is 8.78 Å². The van der Waals surface area contributed by atoms with Crippen molar-refractivity contribution in [2.24, 2.45) is 0 Å².